The summed E-state index contributed by atoms with van der Waals surface area (Å²) >= 11 is 3.03. The van der Waals surface area contributed by atoms with Gasteiger partial charge in [0.25, 0.3) is 17.3 Å². The fourth-order valence-corrected chi connectivity index (χ4v) is 1.44. The van der Waals surface area contributed by atoms with Crippen molar-refractivity contribution >= 4 is 27.3 Å². The number of benzene rings is 1. The quantitative estimate of drug-likeness (QED) is 0.270. The molecule has 0 amide bonds. The lowest BCUT2D eigenvalue weighted by atomic mass is 10.3. The van der Waals surface area contributed by atoms with E-state index < -0.39 is 4.92 Å². The molecule has 0 N–H and O–H groups in total. The van der Waals surface area contributed by atoms with Crippen molar-refractivity contribution in [3.63, 3.8) is 0 Å². The van der Waals surface area contributed by atoms with Gasteiger partial charge in [-0.25, -0.2) is 0 Å². The summed E-state index contributed by atoms with van der Waals surface area (Å²) in [5, 5.41) is 30.7. The van der Waals surface area contributed by atoms with Crippen LogP contribution in [-0.2, 0) is 0 Å². The van der Waals surface area contributed by atoms with Crippen LogP contribution in [0.1, 0.15) is 0 Å². The van der Waals surface area contributed by atoms with E-state index in [2.05, 4.69) is 21.0 Å². The molecule has 0 fully saturated rings. The number of diazo groups is 1. The first-order valence-electron chi connectivity index (χ1n) is 3.59. The van der Waals surface area contributed by atoms with Crippen molar-refractivity contribution in [2.45, 2.75) is 0 Å². The number of nitro benzene ring substituents is 1. The van der Waals surface area contributed by atoms with E-state index >= 15 is 0 Å². The molecule has 0 atom stereocenters. The van der Waals surface area contributed by atoms with E-state index in [0.717, 1.165) is 0 Å². The van der Waals surface area contributed by atoms with Crippen LogP contribution in [-0.4, -0.2) is 4.92 Å². The number of hydrogen-bond donors (Lipinski definition) is 0. The van der Waals surface area contributed by atoms with Crippen LogP contribution in [0.2, 0.25) is 0 Å². The number of hydrogen-bond acceptors (Lipinski definition) is 5. The van der Waals surface area contributed by atoms with Gasteiger partial charge in [0.2, 0.25) is 0 Å². The summed E-state index contributed by atoms with van der Waals surface area (Å²) in [4.78, 5) is 9.84. The Kier molecular flexibility index (Phi) is 3.16. The first-order valence-corrected chi connectivity index (χ1v) is 4.38. The number of nitrogens with zero attached hydrogens (tertiary/aromatic N) is 5. The van der Waals surface area contributed by atoms with E-state index in [9.17, 15) is 10.1 Å². The van der Waals surface area contributed by atoms with Gasteiger partial charge in [0.1, 0.15) is 5.01 Å². The molecule has 74 valence electrons. The molecule has 0 heterocycles. The van der Waals surface area contributed by atoms with E-state index in [1.54, 1.807) is 6.19 Å². The third kappa shape index (κ3) is 2.18. The molecular weight excluding hydrogens is 266 g/mol. The highest BCUT2D eigenvalue weighted by Crippen LogP contribution is 2.29. The highest BCUT2D eigenvalue weighted by Gasteiger charge is 2.21. The van der Waals surface area contributed by atoms with Crippen LogP contribution in [0.5, 0.6) is 0 Å². The van der Waals surface area contributed by atoms with Crippen molar-refractivity contribution in [1.29, 1.82) is 10.7 Å². The van der Waals surface area contributed by atoms with Crippen LogP contribution in [0.25, 0.3) is 5.08 Å². The minimum atomic E-state index is -0.568. The zero-order valence-corrected chi connectivity index (χ0v) is 8.75. The maximum absolute atomic E-state index is 10.4. The third-order valence-corrected chi connectivity index (χ3v) is 2.19. The minimum absolute atomic E-state index is 0.124. The lowest BCUT2D eigenvalue weighted by molar-refractivity contribution is -0.384. The molecule has 0 aliphatic rings. The molecule has 0 saturated carbocycles. The summed E-state index contributed by atoms with van der Waals surface area (Å²) in [6.45, 7) is 0. The Morgan fingerprint density at radius 1 is 1.60 bits per heavy atom. The monoisotopic (exact) mass is 268 g/mol. The van der Waals surface area contributed by atoms with E-state index in [1.165, 1.54) is 18.2 Å². The number of nitriles is 1. The highest BCUT2D eigenvalue weighted by molar-refractivity contribution is 9.10. The number of non-ortho nitro benzene ring substituents is 1. The lowest BCUT2D eigenvalue weighted by Gasteiger charge is -1.98. The Morgan fingerprint density at radius 2 is 2.27 bits per heavy atom. The molecule has 1 aromatic carbocycles. The molecule has 0 saturated heterocycles. The molecule has 0 bridgehead atoms. The van der Waals surface area contributed by atoms with Gasteiger partial charge >= 0.3 is 5.08 Å². The van der Waals surface area contributed by atoms with Crippen LogP contribution in [0.15, 0.2) is 22.7 Å². The van der Waals surface area contributed by atoms with Crippen molar-refractivity contribution in [1.82, 2.24) is 0 Å². The second kappa shape index (κ2) is 4.35. The fourth-order valence-electron chi connectivity index (χ4n) is 0.903. The lowest BCUT2D eigenvalue weighted by Crippen LogP contribution is -2.05. The van der Waals surface area contributed by atoms with Crippen LogP contribution < -0.4 is 5.01 Å². The predicted octanol–water partition coefficient (Wildman–Crippen LogP) is 2.41. The largest absolute Gasteiger partial charge is 0.326 e. The van der Waals surface area contributed by atoms with Gasteiger partial charge in [-0.1, -0.05) is 0 Å². The second-order valence-electron chi connectivity index (χ2n) is 2.39. The van der Waals surface area contributed by atoms with Crippen molar-refractivity contribution in [2.24, 2.45) is 0 Å². The van der Waals surface area contributed by atoms with Gasteiger partial charge in [0, 0.05) is 12.1 Å². The zero-order chi connectivity index (χ0) is 11.4. The molecular formula is C7H3BrN5O2+. The first kappa shape index (κ1) is 10.9. The zero-order valence-electron chi connectivity index (χ0n) is 7.16. The van der Waals surface area contributed by atoms with E-state index in [-0.39, 0.29) is 15.8 Å². The predicted molar refractivity (Wildman–Crippen MR) is 54.0 cm³/mol. The summed E-state index contributed by atoms with van der Waals surface area (Å²) < 4.78 is 0.288. The number of anilines is 1. The number of halogens is 1. The van der Waals surface area contributed by atoms with Crippen molar-refractivity contribution in [3.8, 4) is 6.19 Å². The molecule has 7 nitrogen and oxygen atoms in total. The van der Waals surface area contributed by atoms with E-state index in [4.69, 9.17) is 10.7 Å². The van der Waals surface area contributed by atoms with Gasteiger partial charge in [0.15, 0.2) is 5.69 Å². The van der Waals surface area contributed by atoms with Gasteiger partial charge in [-0.3, -0.25) is 10.1 Å². The topological polar surface area (TPSA) is 98.3 Å². The van der Waals surface area contributed by atoms with E-state index in [0.29, 0.717) is 5.01 Å². The van der Waals surface area contributed by atoms with Crippen molar-refractivity contribution in [3.05, 3.63) is 37.9 Å². The number of nitro groups is 1. The maximum atomic E-state index is 10.4. The fraction of sp³-hybridized carbons (Fsp3) is 0. The van der Waals surface area contributed by atoms with Gasteiger partial charge in [0.05, 0.1) is 9.40 Å². The molecule has 8 heteroatoms. The minimum Gasteiger partial charge on any atom is -0.258 e. The molecule has 1 aromatic rings. The van der Waals surface area contributed by atoms with Crippen LogP contribution in [0.4, 0.5) is 11.4 Å². The molecule has 0 aliphatic carbocycles. The molecule has 0 spiro atoms. The van der Waals surface area contributed by atoms with Gasteiger partial charge < -0.3 is 0 Å². The van der Waals surface area contributed by atoms with Crippen LogP contribution in [0.3, 0.4) is 0 Å². The van der Waals surface area contributed by atoms with Crippen LogP contribution in [0, 0.1) is 27.0 Å². The van der Waals surface area contributed by atoms with Gasteiger partial charge in [-0.2, -0.15) is 5.26 Å². The second-order valence-corrected chi connectivity index (χ2v) is 3.25. The Morgan fingerprint density at radius 3 is 2.67 bits per heavy atom. The van der Waals surface area contributed by atoms with Crippen molar-refractivity contribution in [2.75, 3.05) is 5.01 Å². The molecule has 1 rings (SSSR count). The molecule has 0 aliphatic heterocycles. The number of rotatable bonds is 2. The maximum Gasteiger partial charge on any atom is 0.326 e. The molecule has 0 radical (unpaired) electrons. The van der Waals surface area contributed by atoms with Crippen LogP contribution >= 0.6 is 15.9 Å². The third-order valence-electron chi connectivity index (χ3n) is 1.55. The molecule has 0 aromatic heterocycles. The van der Waals surface area contributed by atoms with Crippen molar-refractivity contribution < 1.29 is 4.92 Å². The highest BCUT2D eigenvalue weighted by atomic mass is 79.9. The smallest absolute Gasteiger partial charge is 0.258 e. The Bertz CT molecular complexity index is 475. The molecule has 0 unspecified atom stereocenters. The summed E-state index contributed by atoms with van der Waals surface area (Å²) in [6.07, 6.45) is 1.57. The summed E-state index contributed by atoms with van der Waals surface area (Å²) in [7, 11) is 0. The SMILES string of the molecule is N#CN([N+]#N)c1ccc([N+](=O)[O-])cc1Br. The molecule has 15 heavy (non-hydrogen) atoms. The van der Waals surface area contributed by atoms with Gasteiger partial charge in [-0.05, 0) is 22.0 Å². The van der Waals surface area contributed by atoms with E-state index in [1.807, 2.05) is 0 Å². The summed E-state index contributed by atoms with van der Waals surface area (Å²) in [5.74, 6) is 0. The first-order chi connectivity index (χ1) is 7.10. The van der Waals surface area contributed by atoms with Gasteiger partial charge in [-0.15, -0.1) is 0 Å². The Hall–Kier alpha value is -2.19. The Labute approximate surface area is 92.4 Å². The summed E-state index contributed by atoms with van der Waals surface area (Å²) in [6, 6.07) is 3.71. The average molecular weight is 269 g/mol. The summed E-state index contributed by atoms with van der Waals surface area (Å²) in [5.41, 5.74) is 0.0899. The average Bonchev–Trinajstić information content (AvgIpc) is 2.21. The normalized spacial score (nSPS) is 8.73. The Balaban J connectivity index is 3.21. The standard InChI is InChI=1S/C7H3BrN5O2/c8-6-3-5(13(14)15)1-2-7(6)12(4-9)11-10/h1-3H/q+1.